The second-order valence-electron chi connectivity index (χ2n) is 5.47. The first-order chi connectivity index (χ1) is 12.6. The summed E-state index contributed by atoms with van der Waals surface area (Å²) < 4.78 is 5.37. The van der Waals surface area contributed by atoms with Crippen molar-refractivity contribution < 1.29 is 14.3 Å². The molecule has 1 N–H and O–H groups in total. The highest BCUT2D eigenvalue weighted by Gasteiger charge is 2.38. The number of hydrogen-bond donors (Lipinski definition) is 1. The minimum Gasteiger partial charge on any atom is -0.494 e. The fraction of sp³-hybridized carbons (Fsp3) is 0.316. The van der Waals surface area contributed by atoms with Gasteiger partial charge in [-0.15, -0.1) is 13.2 Å². The van der Waals surface area contributed by atoms with Gasteiger partial charge in [0.15, 0.2) is 5.17 Å². The van der Waals surface area contributed by atoms with Crippen LogP contribution >= 0.6 is 11.8 Å². The highest BCUT2D eigenvalue weighted by Crippen LogP contribution is 2.30. The molecule has 0 bridgehead atoms. The van der Waals surface area contributed by atoms with Crippen LogP contribution in [0.2, 0.25) is 0 Å². The van der Waals surface area contributed by atoms with Crippen LogP contribution in [0.3, 0.4) is 0 Å². The third-order valence-electron chi connectivity index (χ3n) is 3.51. The molecule has 1 atom stereocenters. The minimum atomic E-state index is -0.485. The van der Waals surface area contributed by atoms with Gasteiger partial charge in [-0.2, -0.15) is 0 Å². The van der Waals surface area contributed by atoms with Crippen LogP contribution in [0, 0.1) is 0 Å². The Morgan fingerprint density at radius 3 is 2.69 bits per heavy atom. The van der Waals surface area contributed by atoms with Crippen LogP contribution in [0.15, 0.2) is 54.6 Å². The van der Waals surface area contributed by atoms with Crippen LogP contribution in [0.25, 0.3) is 0 Å². The normalized spacial score (nSPS) is 18.0. The number of amidine groups is 1. The smallest absolute Gasteiger partial charge is 0.242 e. The van der Waals surface area contributed by atoms with Gasteiger partial charge in [-0.05, 0) is 31.2 Å². The molecular formula is C19H23N3O3S. The molecule has 0 aliphatic carbocycles. The summed E-state index contributed by atoms with van der Waals surface area (Å²) in [6.07, 6.45) is 3.39. The maximum absolute atomic E-state index is 12.5. The molecule has 0 aromatic heterocycles. The first-order valence-corrected chi connectivity index (χ1v) is 9.24. The fourth-order valence-electron chi connectivity index (χ4n) is 2.38. The van der Waals surface area contributed by atoms with E-state index in [9.17, 15) is 9.59 Å². The molecule has 2 rings (SSSR count). The molecule has 0 saturated carbocycles. The van der Waals surface area contributed by atoms with Crippen molar-refractivity contribution >= 4 is 34.4 Å². The Kier molecular flexibility index (Phi) is 7.47. The lowest BCUT2D eigenvalue weighted by atomic mass is 10.2. The zero-order valence-electron chi connectivity index (χ0n) is 14.8. The largest absolute Gasteiger partial charge is 0.494 e. The molecule has 138 valence electrons. The van der Waals surface area contributed by atoms with E-state index in [0.717, 1.165) is 5.75 Å². The number of thioether (sulfide) groups is 1. The molecule has 7 heteroatoms. The molecule has 0 unspecified atom stereocenters. The van der Waals surface area contributed by atoms with Crippen molar-refractivity contribution in [1.29, 1.82) is 0 Å². The molecule has 0 radical (unpaired) electrons. The number of carbonyl (C=O) groups is 2. The lowest BCUT2D eigenvalue weighted by Gasteiger charge is -2.13. The zero-order chi connectivity index (χ0) is 18.9. The number of hydrogen-bond acceptors (Lipinski definition) is 5. The second kappa shape index (κ2) is 9.82. The molecule has 6 nitrogen and oxygen atoms in total. The number of benzene rings is 1. The van der Waals surface area contributed by atoms with Crippen LogP contribution in [-0.2, 0) is 9.59 Å². The number of ether oxygens (including phenoxy) is 1. The van der Waals surface area contributed by atoms with Gasteiger partial charge in [-0.1, -0.05) is 23.9 Å². The Morgan fingerprint density at radius 2 is 2.08 bits per heavy atom. The van der Waals surface area contributed by atoms with Crippen molar-refractivity contribution in [2.45, 2.75) is 18.6 Å². The standard InChI is InChI=1S/C19H23N3O3S/c1-4-11-20-19-22(12-5-2)18(24)16(26-19)13-17(23)21-14-7-9-15(10-8-14)25-6-3/h4-5,7-10,16H,1-2,6,11-13H2,3H3,(H,21,23)/t16-/m1/s1. The number of rotatable bonds is 9. The quantitative estimate of drug-likeness (QED) is 0.675. The Labute approximate surface area is 158 Å². The van der Waals surface area contributed by atoms with E-state index in [1.54, 1.807) is 41.3 Å². The Balaban J connectivity index is 1.98. The molecule has 1 aromatic carbocycles. The van der Waals surface area contributed by atoms with Gasteiger partial charge in [0.1, 0.15) is 11.0 Å². The second-order valence-corrected chi connectivity index (χ2v) is 6.64. The molecule has 1 fully saturated rings. The van der Waals surface area contributed by atoms with Crippen LogP contribution in [0.1, 0.15) is 13.3 Å². The average Bonchev–Trinajstić information content (AvgIpc) is 2.91. The lowest BCUT2D eigenvalue weighted by Crippen LogP contribution is -2.33. The van der Waals surface area contributed by atoms with Crippen molar-refractivity contribution in [2.75, 3.05) is 25.0 Å². The monoisotopic (exact) mass is 373 g/mol. The van der Waals surface area contributed by atoms with Crippen molar-refractivity contribution in [3.05, 3.63) is 49.6 Å². The van der Waals surface area contributed by atoms with Crippen molar-refractivity contribution in [3.63, 3.8) is 0 Å². The molecule has 26 heavy (non-hydrogen) atoms. The molecule has 1 aliphatic rings. The lowest BCUT2D eigenvalue weighted by molar-refractivity contribution is -0.127. The predicted octanol–water partition coefficient (Wildman–Crippen LogP) is 3.09. The van der Waals surface area contributed by atoms with E-state index in [1.165, 1.54) is 11.8 Å². The first kappa shape index (κ1) is 19.8. The predicted molar refractivity (Wildman–Crippen MR) is 107 cm³/mol. The summed E-state index contributed by atoms with van der Waals surface area (Å²) in [6, 6.07) is 7.13. The third kappa shape index (κ3) is 5.23. The Bertz CT molecular complexity index is 700. The third-order valence-corrected chi connectivity index (χ3v) is 4.72. The van der Waals surface area contributed by atoms with E-state index in [0.29, 0.717) is 30.6 Å². The van der Waals surface area contributed by atoms with Crippen LogP contribution < -0.4 is 10.1 Å². The van der Waals surface area contributed by atoms with Crippen LogP contribution in [0.5, 0.6) is 5.75 Å². The van der Waals surface area contributed by atoms with Crippen molar-refractivity contribution in [2.24, 2.45) is 4.99 Å². The summed E-state index contributed by atoms with van der Waals surface area (Å²) in [5.74, 6) is 0.401. The van der Waals surface area contributed by atoms with Gasteiger partial charge >= 0.3 is 0 Å². The van der Waals surface area contributed by atoms with Gasteiger partial charge in [0.25, 0.3) is 0 Å². The van der Waals surface area contributed by atoms with Gasteiger partial charge in [0.05, 0.1) is 13.2 Å². The molecule has 1 aromatic rings. The molecule has 1 saturated heterocycles. The zero-order valence-corrected chi connectivity index (χ0v) is 15.6. The van der Waals surface area contributed by atoms with E-state index in [2.05, 4.69) is 23.5 Å². The van der Waals surface area contributed by atoms with Crippen LogP contribution in [-0.4, -0.2) is 46.8 Å². The van der Waals surface area contributed by atoms with Crippen molar-refractivity contribution in [1.82, 2.24) is 4.90 Å². The number of nitrogens with zero attached hydrogens (tertiary/aromatic N) is 2. The molecular weight excluding hydrogens is 350 g/mol. The van der Waals surface area contributed by atoms with E-state index in [-0.39, 0.29) is 18.2 Å². The first-order valence-electron chi connectivity index (χ1n) is 8.36. The summed E-state index contributed by atoms with van der Waals surface area (Å²) in [5.41, 5.74) is 0.664. The summed E-state index contributed by atoms with van der Waals surface area (Å²) in [6.45, 7) is 10.6. The number of aliphatic imine (C=N–C) groups is 1. The molecule has 1 aliphatic heterocycles. The number of anilines is 1. The topological polar surface area (TPSA) is 71.0 Å². The number of amides is 2. The highest BCUT2D eigenvalue weighted by molar-refractivity contribution is 8.15. The van der Waals surface area contributed by atoms with Crippen LogP contribution in [0.4, 0.5) is 5.69 Å². The van der Waals surface area contributed by atoms with E-state index in [4.69, 9.17) is 4.74 Å². The number of carbonyl (C=O) groups excluding carboxylic acids is 2. The maximum atomic E-state index is 12.5. The van der Waals surface area contributed by atoms with E-state index >= 15 is 0 Å². The summed E-state index contributed by atoms with van der Waals surface area (Å²) in [4.78, 5) is 30.7. The molecule has 2 amide bonds. The Hall–Kier alpha value is -2.54. The van der Waals surface area contributed by atoms with Crippen molar-refractivity contribution in [3.8, 4) is 5.75 Å². The highest BCUT2D eigenvalue weighted by atomic mass is 32.2. The van der Waals surface area contributed by atoms with E-state index in [1.807, 2.05) is 6.92 Å². The van der Waals surface area contributed by atoms with E-state index < -0.39 is 5.25 Å². The average molecular weight is 373 g/mol. The maximum Gasteiger partial charge on any atom is 0.242 e. The molecule has 0 spiro atoms. The van der Waals surface area contributed by atoms with Gasteiger partial charge in [-0.25, -0.2) is 0 Å². The number of nitrogens with one attached hydrogen (secondary N) is 1. The summed E-state index contributed by atoms with van der Waals surface area (Å²) in [7, 11) is 0. The van der Waals surface area contributed by atoms with Gasteiger partial charge in [0.2, 0.25) is 11.8 Å². The SMILES string of the molecule is C=CCN=C1S[C@H](CC(=O)Nc2ccc(OCC)cc2)C(=O)N1CC=C. The van der Waals surface area contributed by atoms with Gasteiger partial charge in [-0.3, -0.25) is 19.5 Å². The molecule has 1 heterocycles. The fourth-order valence-corrected chi connectivity index (χ4v) is 3.54. The summed E-state index contributed by atoms with van der Waals surface area (Å²) >= 11 is 1.30. The minimum absolute atomic E-state index is 0.0808. The van der Waals surface area contributed by atoms with Gasteiger partial charge in [0, 0.05) is 18.7 Å². The van der Waals surface area contributed by atoms with Gasteiger partial charge < -0.3 is 10.1 Å². The summed E-state index contributed by atoms with van der Waals surface area (Å²) in [5, 5.41) is 2.93. The Morgan fingerprint density at radius 1 is 1.35 bits per heavy atom.